The first-order valence-corrected chi connectivity index (χ1v) is 8.36. The summed E-state index contributed by atoms with van der Waals surface area (Å²) < 4.78 is 10.7. The van der Waals surface area contributed by atoms with Crippen LogP contribution >= 0.6 is 0 Å². The summed E-state index contributed by atoms with van der Waals surface area (Å²) in [7, 11) is 5.71. The SMILES string of the molecule is COc1ccccc1-c1cc(CNC(=O)N2CC[C@@H](N(C)C)C2)on1. The third-order valence-electron chi connectivity index (χ3n) is 4.54. The van der Waals surface area contributed by atoms with E-state index >= 15 is 0 Å². The Kier molecular flexibility index (Phi) is 5.23. The summed E-state index contributed by atoms with van der Waals surface area (Å²) in [5, 5.41) is 6.98. The van der Waals surface area contributed by atoms with Gasteiger partial charge in [-0.25, -0.2) is 4.79 Å². The Morgan fingerprint density at radius 2 is 2.24 bits per heavy atom. The lowest BCUT2D eigenvalue weighted by atomic mass is 10.1. The van der Waals surface area contributed by atoms with E-state index < -0.39 is 0 Å². The molecule has 0 unspecified atom stereocenters. The first kappa shape index (κ1) is 17.3. The van der Waals surface area contributed by atoms with E-state index in [0.29, 0.717) is 24.0 Å². The summed E-state index contributed by atoms with van der Waals surface area (Å²) in [6, 6.07) is 9.80. The van der Waals surface area contributed by atoms with Crippen LogP contribution in [-0.2, 0) is 6.54 Å². The Morgan fingerprint density at radius 1 is 1.44 bits per heavy atom. The van der Waals surface area contributed by atoms with Gasteiger partial charge >= 0.3 is 6.03 Å². The predicted octanol–water partition coefficient (Wildman–Crippen LogP) is 2.20. The number of urea groups is 1. The van der Waals surface area contributed by atoms with Gasteiger partial charge in [-0.15, -0.1) is 0 Å². The number of carbonyl (C=O) groups excluding carboxylic acids is 1. The van der Waals surface area contributed by atoms with Crippen molar-refractivity contribution in [2.75, 3.05) is 34.3 Å². The highest BCUT2D eigenvalue weighted by molar-refractivity contribution is 5.74. The molecule has 3 rings (SSSR count). The van der Waals surface area contributed by atoms with Crippen molar-refractivity contribution in [1.29, 1.82) is 0 Å². The lowest BCUT2D eigenvalue weighted by Gasteiger charge is -2.20. The Morgan fingerprint density at radius 3 is 2.96 bits per heavy atom. The molecule has 7 heteroatoms. The zero-order chi connectivity index (χ0) is 17.8. The number of benzene rings is 1. The first-order chi connectivity index (χ1) is 12.1. The second-order valence-corrected chi connectivity index (χ2v) is 6.39. The molecule has 0 radical (unpaired) electrons. The van der Waals surface area contributed by atoms with Crippen molar-refractivity contribution >= 4 is 6.03 Å². The molecular formula is C18H24N4O3. The smallest absolute Gasteiger partial charge is 0.317 e. The quantitative estimate of drug-likeness (QED) is 0.900. The molecule has 1 aliphatic heterocycles. The van der Waals surface area contributed by atoms with Crippen LogP contribution in [0, 0.1) is 0 Å². The van der Waals surface area contributed by atoms with Gasteiger partial charge in [0, 0.05) is 30.8 Å². The Bertz CT molecular complexity index is 729. The summed E-state index contributed by atoms with van der Waals surface area (Å²) >= 11 is 0. The number of hydrogen-bond acceptors (Lipinski definition) is 5. The molecule has 0 saturated carbocycles. The van der Waals surface area contributed by atoms with E-state index in [0.717, 1.165) is 30.8 Å². The largest absolute Gasteiger partial charge is 0.496 e. The average molecular weight is 344 g/mol. The zero-order valence-electron chi connectivity index (χ0n) is 14.9. The summed E-state index contributed by atoms with van der Waals surface area (Å²) in [5.41, 5.74) is 1.55. The average Bonchev–Trinajstić information content (AvgIpc) is 3.29. The van der Waals surface area contributed by atoms with Crippen LogP contribution in [0.4, 0.5) is 4.79 Å². The van der Waals surface area contributed by atoms with E-state index in [1.807, 2.05) is 49.3 Å². The van der Waals surface area contributed by atoms with Crippen molar-refractivity contribution in [2.24, 2.45) is 0 Å². The number of methoxy groups -OCH3 is 1. The number of likely N-dealkylation sites (tertiary alicyclic amines) is 1. The zero-order valence-corrected chi connectivity index (χ0v) is 14.9. The molecule has 2 aromatic rings. The van der Waals surface area contributed by atoms with Crippen molar-refractivity contribution in [3.63, 3.8) is 0 Å². The van der Waals surface area contributed by atoms with Gasteiger partial charge in [0.15, 0.2) is 5.76 Å². The van der Waals surface area contributed by atoms with E-state index in [4.69, 9.17) is 9.26 Å². The highest BCUT2D eigenvalue weighted by Gasteiger charge is 2.27. The minimum absolute atomic E-state index is 0.0698. The van der Waals surface area contributed by atoms with Crippen molar-refractivity contribution < 1.29 is 14.1 Å². The number of nitrogens with zero attached hydrogens (tertiary/aromatic N) is 3. The topological polar surface area (TPSA) is 70.8 Å². The summed E-state index contributed by atoms with van der Waals surface area (Å²) in [4.78, 5) is 16.3. The van der Waals surface area contributed by atoms with Gasteiger partial charge in [0.05, 0.1) is 13.7 Å². The molecule has 134 valence electrons. The number of hydrogen-bond donors (Lipinski definition) is 1. The third kappa shape index (κ3) is 3.93. The number of ether oxygens (including phenoxy) is 1. The number of carbonyl (C=O) groups is 1. The van der Waals surface area contributed by atoms with Crippen molar-refractivity contribution in [2.45, 2.75) is 19.0 Å². The fraction of sp³-hybridized carbons (Fsp3) is 0.444. The molecule has 0 spiro atoms. The molecule has 2 heterocycles. The van der Waals surface area contributed by atoms with Crippen LogP contribution in [0.25, 0.3) is 11.3 Å². The summed E-state index contributed by atoms with van der Waals surface area (Å²) in [5.74, 6) is 1.34. The van der Waals surface area contributed by atoms with Crippen LogP contribution in [0.15, 0.2) is 34.9 Å². The molecule has 1 aromatic carbocycles. The molecule has 1 aliphatic rings. The van der Waals surface area contributed by atoms with Crippen LogP contribution in [0.3, 0.4) is 0 Å². The summed E-state index contributed by atoms with van der Waals surface area (Å²) in [6.07, 6.45) is 1.00. The molecule has 1 saturated heterocycles. The highest BCUT2D eigenvalue weighted by atomic mass is 16.5. The highest BCUT2D eigenvalue weighted by Crippen LogP contribution is 2.28. The fourth-order valence-electron chi connectivity index (χ4n) is 3.00. The molecule has 1 N–H and O–H groups in total. The van der Waals surface area contributed by atoms with E-state index in [1.165, 1.54) is 0 Å². The van der Waals surface area contributed by atoms with Crippen LogP contribution in [0.1, 0.15) is 12.2 Å². The predicted molar refractivity (Wildman–Crippen MR) is 94.4 cm³/mol. The van der Waals surface area contributed by atoms with Gasteiger partial charge in [-0.2, -0.15) is 0 Å². The van der Waals surface area contributed by atoms with Crippen molar-refractivity contribution in [3.05, 3.63) is 36.1 Å². The normalized spacial score (nSPS) is 17.1. The first-order valence-electron chi connectivity index (χ1n) is 8.36. The lowest BCUT2D eigenvalue weighted by Crippen LogP contribution is -2.40. The standard InChI is InChI=1S/C18H24N4O3/c1-21(2)13-8-9-22(12-13)18(23)19-11-14-10-16(20-25-14)15-6-4-5-7-17(15)24-3/h4-7,10,13H,8-9,11-12H2,1-3H3,(H,19,23)/t13-/m1/s1. The molecule has 0 bridgehead atoms. The number of nitrogens with one attached hydrogen (secondary N) is 1. The van der Waals surface area contributed by atoms with E-state index in [9.17, 15) is 4.79 Å². The van der Waals surface area contributed by atoms with Gasteiger partial charge < -0.3 is 24.4 Å². The van der Waals surface area contributed by atoms with Gasteiger partial charge in [0.25, 0.3) is 0 Å². The Labute approximate surface area is 147 Å². The third-order valence-corrected chi connectivity index (χ3v) is 4.54. The molecule has 0 aliphatic carbocycles. The molecular weight excluding hydrogens is 320 g/mol. The maximum atomic E-state index is 12.3. The van der Waals surface area contributed by atoms with Crippen LogP contribution in [0.2, 0.25) is 0 Å². The lowest BCUT2D eigenvalue weighted by molar-refractivity contribution is 0.201. The second-order valence-electron chi connectivity index (χ2n) is 6.39. The number of likely N-dealkylation sites (N-methyl/N-ethyl adjacent to an activating group) is 1. The second kappa shape index (κ2) is 7.57. The van der Waals surface area contributed by atoms with Gasteiger partial charge in [0.1, 0.15) is 11.4 Å². The molecule has 7 nitrogen and oxygen atoms in total. The molecule has 25 heavy (non-hydrogen) atoms. The summed E-state index contributed by atoms with van der Waals surface area (Å²) in [6.45, 7) is 1.84. The van der Waals surface area contributed by atoms with Crippen molar-refractivity contribution in [3.8, 4) is 17.0 Å². The van der Waals surface area contributed by atoms with E-state index in [-0.39, 0.29) is 6.03 Å². The molecule has 2 amide bonds. The number of rotatable bonds is 5. The van der Waals surface area contributed by atoms with Gasteiger partial charge in [0.2, 0.25) is 0 Å². The number of para-hydroxylation sites is 1. The van der Waals surface area contributed by atoms with E-state index in [1.54, 1.807) is 7.11 Å². The molecule has 1 fully saturated rings. The molecule has 1 atom stereocenters. The molecule has 1 aromatic heterocycles. The minimum atomic E-state index is -0.0698. The number of aromatic nitrogens is 1. The number of amides is 2. The van der Waals surface area contributed by atoms with Crippen LogP contribution < -0.4 is 10.1 Å². The van der Waals surface area contributed by atoms with Crippen molar-refractivity contribution in [1.82, 2.24) is 20.3 Å². The van der Waals surface area contributed by atoms with Crippen LogP contribution in [-0.4, -0.2) is 61.3 Å². The van der Waals surface area contributed by atoms with Crippen LogP contribution in [0.5, 0.6) is 5.75 Å². The Balaban J connectivity index is 1.58. The maximum absolute atomic E-state index is 12.3. The van der Waals surface area contributed by atoms with Gasteiger partial charge in [-0.3, -0.25) is 0 Å². The van der Waals surface area contributed by atoms with E-state index in [2.05, 4.69) is 15.4 Å². The fourth-order valence-corrected chi connectivity index (χ4v) is 3.00. The minimum Gasteiger partial charge on any atom is -0.496 e. The van der Waals surface area contributed by atoms with Gasteiger partial charge in [-0.1, -0.05) is 17.3 Å². The Hall–Kier alpha value is -2.54. The monoisotopic (exact) mass is 344 g/mol. The maximum Gasteiger partial charge on any atom is 0.317 e. The van der Waals surface area contributed by atoms with Gasteiger partial charge in [-0.05, 0) is 32.6 Å².